The number of benzene rings is 8. The summed E-state index contributed by atoms with van der Waals surface area (Å²) in [4.78, 5) is 9.34. The molecule has 11 rings (SSSR count). The number of nitrogens with one attached hydrogen (secondary N) is 3. The number of H-pyrrole nitrogens is 1. The van der Waals surface area contributed by atoms with Gasteiger partial charge in [0, 0.05) is 32.6 Å². The van der Waals surface area contributed by atoms with Crippen molar-refractivity contribution >= 4 is 49.4 Å². The maximum absolute atomic E-state index is 5.50. The number of para-hydroxylation sites is 1. The minimum absolute atomic E-state index is 0.140. The molecule has 5 heteroatoms. The highest BCUT2D eigenvalue weighted by Crippen LogP contribution is 2.56. The first kappa shape index (κ1) is 34.1. The van der Waals surface area contributed by atoms with Gasteiger partial charge in [0.15, 0.2) is 0 Å². The average molecular weight is 748 g/mol. The van der Waals surface area contributed by atoms with Crippen molar-refractivity contribution in [1.82, 2.24) is 20.2 Å². The van der Waals surface area contributed by atoms with Gasteiger partial charge in [-0.25, -0.2) is 4.99 Å². The van der Waals surface area contributed by atoms with Gasteiger partial charge < -0.3 is 14.9 Å². The van der Waals surface area contributed by atoms with E-state index in [0.717, 1.165) is 39.0 Å². The summed E-state index contributed by atoms with van der Waals surface area (Å²) in [5.74, 6) is 0.818. The van der Waals surface area contributed by atoms with E-state index in [0.29, 0.717) is 6.67 Å². The van der Waals surface area contributed by atoms with E-state index in [1.54, 1.807) is 0 Å². The summed E-state index contributed by atoms with van der Waals surface area (Å²) in [5, 5.41) is 12.1. The Labute approximate surface area is 337 Å². The van der Waals surface area contributed by atoms with E-state index in [1.807, 2.05) is 13.1 Å². The molecule has 58 heavy (non-hydrogen) atoms. The van der Waals surface area contributed by atoms with Gasteiger partial charge in [-0.15, -0.1) is 0 Å². The fourth-order valence-corrected chi connectivity index (χ4v) is 9.66. The first-order chi connectivity index (χ1) is 28.7. The van der Waals surface area contributed by atoms with E-state index in [9.17, 15) is 0 Å². The molecule has 1 atom stereocenters. The van der Waals surface area contributed by atoms with Crippen LogP contribution in [0.25, 0.3) is 54.7 Å². The summed E-state index contributed by atoms with van der Waals surface area (Å²) in [5.41, 5.74) is 13.8. The number of fused-ring (bicyclic) bond motifs is 10. The third-order valence-electron chi connectivity index (χ3n) is 12.2. The van der Waals surface area contributed by atoms with Crippen LogP contribution in [-0.4, -0.2) is 22.4 Å². The Kier molecular flexibility index (Phi) is 8.09. The zero-order chi connectivity index (χ0) is 38.6. The van der Waals surface area contributed by atoms with Crippen LogP contribution >= 0.6 is 0 Å². The molecule has 0 aliphatic heterocycles. The Balaban J connectivity index is 1.19. The lowest BCUT2D eigenvalue weighted by molar-refractivity contribution is 0.558. The second-order valence-corrected chi connectivity index (χ2v) is 15.2. The molecule has 0 saturated heterocycles. The lowest BCUT2D eigenvalue weighted by atomic mass is 9.67. The summed E-state index contributed by atoms with van der Waals surface area (Å²) in [7, 11) is 1.98. The second-order valence-electron chi connectivity index (χ2n) is 15.2. The largest absolute Gasteiger partial charge is 0.353 e. The third-order valence-corrected chi connectivity index (χ3v) is 12.2. The molecular weight excluding hydrogens is 707 g/mol. The molecule has 5 nitrogen and oxygen atoms in total. The maximum atomic E-state index is 5.50. The zero-order valence-corrected chi connectivity index (χ0v) is 32.2. The highest BCUT2D eigenvalue weighted by molar-refractivity contribution is 6.22. The number of amidine groups is 1. The average Bonchev–Trinajstić information content (AvgIpc) is 3.93. The van der Waals surface area contributed by atoms with Crippen molar-refractivity contribution in [3.05, 3.63) is 228 Å². The molecule has 0 radical (unpaired) electrons. The van der Waals surface area contributed by atoms with Gasteiger partial charge in [0.1, 0.15) is 18.7 Å². The van der Waals surface area contributed by atoms with Gasteiger partial charge in [-0.3, -0.25) is 5.32 Å². The van der Waals surface area contributed by atoms with Crippen LogP contribution < -0.4 is 10.6 Å². The number of nitrogens with zero attached hydrogens (tertiary/aromatic N) is 2. The van der Waals surface area contributed by atoms with E-state index < -0.39 is 5.41 Å². The Bertz CT molecular complexity index is 3110. The molecule has 8 aromatic carbocycles. The summed E-state index contributed by atoms with van der Waals surface area (Å²) < 4.78 is 2.43. The van der Waals surface area contributed by atoms with Gasteiger partial charge in [-0.05, 0) is 58.1 Å². The van der Waals surface area contributed by atoms with Gasteiger partial charge >= 0.3 is 0 Å². The van der Waals surface area contributed by atoms with Crippen LogP contribution in [0, 0.1) is 0 Å². The van der Waals surface area contributed by atoms with Crippen LogP contribution in [0.4, 0.5) is 0 Å². The van der Waals surface area contributed by atoms with Crippen molar-refractivity contribution in [2.75, 3.05) is 7.05 Å². The Hall–Kier alpha value is -7.21. The number of aromatic amines is 1. The second kappa shape index (κ2) is 13.8. The standard InChI is InChI=1S/C53H41N5/c1-54-51(35-17-5-2-6-18-35)57-52(36-19-7-3-8-20-36)55-34-58-48-33-38(29-30-42(48)44-32-31-43-41-25-13-16-28-47(41)56-49(43)50(44)58)53(37-21-9-4-10-22-37)45-26-14-11-23-39(45)40-24-12-15-27-46(40)53/h2-33,51,54,56H,34H2,1H3,(H,55,57). The Morgan fingerprint density at radius 3 is 1.91 bits per heavy atom. The molecule has 1 aliphatic rings. The molecule has 0 spiro atoms. The molecule has 1 unspecified atom stereocenters. The van der Waals surface area contributed by atoms with E-state index in [1.165, 1.54) is 54.9 Å². The molecule has 1 aliphatic carbocycles. The number of hydrogen-bond donors (Lipinski definition) is 3. The molecular formula is C53H41N5. The van der Waals surface area contributed by atoms with Crippen LogP contribution in [0.2, 0.25) is 0 Å². The lowest BCUT2D eigenvalue weighted by Crippen LogP contribution is -2.37. The van der Waals surface area contributed by atoms with Gasteiger partial charge in [0.05, 0.1) is 22.0 Å². The SMILES string of the molecule is CNC(N/C(=N\Cn1c2cc(C3(c4ccccc4)c4ccccc4-c4ccccc43)ccc2c2ccc3c4ccccc4[nH]c3c21)c1ccccc1)c1ccccc1. The lowest BCUT2D eigenvalue weighted by Gasteiger charge is -2.34. The van der Waals surface area contributed by atoms with Gasteiger partial charge in [0.2, 0.25) is 0 Å². The first-order valence-electron chi connectivity index (χ1n) is 20.0. The third kappa shape index (κ3) is 5.17. The summed E-state index contributed by atoms with van der Waals surface area (Å²) in [6.07, 6.45) is -0.140. The smallest absolute Gasteiger partial charge is 0.131 e. The molecule has 278 valence electrons. The van der Waals surface area contributed by atoms with Gasteiger partial charge in [-0.1, -0.05) is 182 Å². The molecule has 0 amide bonds. The molecule has 2 aromatic heterocycles. The normalized spacial score (nSPS) is 13.9. The van der Waals surface area contributed by atoms with Crippen molar-refractivity contribution in [1.29, 1.82) is 0 Å². The predicted octanol–water partition coefficient (Wildman–Crippen LogP) is 11.7. The van der Waals surface area contributed by atoms with Gasteiger partial charge in [0.25, 0.3) is 0 Å². The monoisotopic (exact) mass is 747 g/mol. The summed E-state index contributed by atoms with van der Waals surface area (Å²) >= 11 is 0. The van der Waals surface area contributed by atoms with Crippen molar-refractivity contribution in [3.8, 4) is 11.1 Å². The number of aromatic nitrogens is 2. The first-order valence-corrected chi connectivity index (χ1v) is 20.0. The minimum Gasteiger partial charge on any atom is -0.353 e. The zero-order valence-electron chi connectivity index (χ0n) is 32.2. The van der Waals surface area contributed by atoms with Gasteiger partial charge in [-0.2, -0.15) is 0 Å². The number of hydrogen-bond acceptors (Lipinski definition) is 2. The van der Waals surface area contributed by atoms with Crippen LogP contribution in [-0.2, 0) is 12.1 Å². The topological polar surface area (TPSA) is 57.1 Å². The molecule has 2 heterocycles. The van der Waals surface area contributed by atoms with Crippen LogP contribution in [0.5, 0.6) is 0 Å². The van der Waals surface area contributed by atoms with E-state index >= 15 is 0 Å². The molecule has 3 N–H and O–H groups in total. The molecule has 0 saturated carbocycles. The maximum Gasteiger partial charge on any atom is 0.131 e. The quantitative estimate of drug-likeness (QED) is 0.0823. The molecule has 0 bridgehead atoms. The molecule has 0 fully saturated rings. The van der Waals surface area contributed by atoms with E-state index in [4.69, 9.17) is 4.99 Å². The predicted molar refractivity (Wildman–Crippen MR) is 240 cm³/mol. The van der Waals surface area contributed by atoms with E-state index in [-0.39, 0.29) is 6.17 Å². The fraction of sp³-hybridized carbons (Fsp3) is 0.0755. The summed E-state index contributed by atoms with van der Waals surface area (Å²) in [6, 6.07) is 70.2. The molecule has 10 aromatic rings. The minimum atomic E-state index is -0.518. The highest BCUT2D eigenvalue weighted by Gasteiger charge is 2.46. The van der Waals surface area contributed by atoms with Crippen molar-refractivity contribution in [2.24, 2.45) is 4.99 Å². The summed E-state index contributed by atoms with van der Waals surface area (Å²) in [6.45, 7) is 0.395. The Morgan fingerprint density at radius 1 is 0.586 bits per heavy atom. The number of aliphatic imine (C=N–C) groups is 1. The van der Waals surface area contributed by atoms with Crippen molar-refractivity contribution in [2.45, 2.75) is 18.2 Å². The fourth-order valence-electron chi connectivity index (χ4n) is 9.66. The van der Waals surface area contributed by atoms with E-state index in [2.05, 4.69) is 208 Å². The van der Waals surface area contributed by atoms with Crippen LogP contribution in [0.15, 0.2) is 199 Å². The van der Waals surface area contributed by atoms with Crippen LogP contribution in [0.1, 0.15) is 39.5 Å². The van der Waals surface area contributed by atoms with Crippen LogP contribution in [0.3, 0.4) is 0 Å². The van der Waals surface area contributed by atoms with Crippen molar-refractivity contribution in [3.63, 3.8) is 0 Å². The Morgan fingerprint density at radius 2 is 1.19 bits per heavy atom. The highest BCUT2D eigenvalue weighted by atomic mass is 15.2. The van der Waals surface area contributed by atoms with Crippen molar-refractivity contribution < 1.29 is 0 Å². The number of rotatable bonds is 8.